The van der Waals surface area contributed by atoms with E-state index >= 15 is 0 Å². The van der Waals surface area contributed by atoms with Gasteiger partial charge in [0.25, 0.3) is 0 Å². The standard InChI is InChI=1S/C24H24N8OS/c33-23(28-19-6-4-17(5-7-19)20-15-31-11-12-34-24(31)29-20)18-3-1-9-30(14-18)21-13-22(26-16-25-21)32-10-2-8-27-32/h2,4-8,10,13,15-16,18H,1,3,9,11-12,14H2,(H,28,33). The van der Waals surface area contributed by atoms with Crippen molar-refractivity contribution < 1.29 is 4.79 Å². The summed E-state index contributed by atoms with van der Waals surface area (Å²) in [7, 11) is 0. The lowest BCUT2D eigenvalue weighted by Gasteiger charge is -2.32. The van der Waals surface area contributed by atoms with Gasteiger partial charge in [0, 0.05) is 61.3 Å². The van der Waals surface area contributed by atoms with Crippen LogP contribution in [-0.4, -0.2) is 54.0 Å². The van der Waals surface area contributed by atoms with E-state index in [1.165, 1.54) is 0 Å². The lowest BCUT2D eigenvalue weighted by molar-refractivity contribution is -0.120. The lowest BCUT2D eigenvalue weighted by atomic mass is 9.97. The first-order chi connectivity index (χ1) is 16.7. The van der Waals surface area contributed by atoms with E-state index in [9.17, 15) is 4.79 Å². The fourth-order valence-electron chi connectivity index (χ4n) is 4.46. The normalized spacial score (nSPS) is 17.5. The number of amides is 1. The third kappa shape index (κ3) is 4.16. The molecule has 3 aromatic heterocycles. The number of imidazole rings is 1. The van der Waals surface area contributed by atoms with Gasteiger partial charge in [-0.1, -0.05) is 23.9 Å². The van der Waals surface area contributed by atoms with Crippen LogP contribution in [0.25, 0.3) is 17.1 Å². The van der Waals surface area contributed by atoms with Crippen molar-refractivity contribution in [3.8, 4) is 17.1 Å². The topological polar surface area (TPSA) is 93.8 Å². The Morgan fingerprint density at radius 1 is 1.12 bits per heavy atom. The van der Waals surface area contributed by atoms with E-state index < -0.39 is 0 Å². The first kappa shape index (κ1) is 20.9. The van der Waals surface area contributed by atoms with E-state index in [2.05, 4.69) is 36.0 Å². The van der Waals surface area contributed by atoms with Gasteiger partial charge in [-0.3, -0.25) is 4.79 Å². The fraction of sp³-hybridized carbons (Fsp3) is 0.292. The van der Waals surface area contributed by atoms with Gasteiger partial charge in [-0.05, 0) is 31.0 Å². The molecule has 10 heteroatoms. The molecule has 1 unspecified atom stereocenters. The molecule has 0 aliphatic carbocycles. The van der Waals surface area contributed by atoms with Crippen molar-refractivity contribution in [3.63, 3.8) is 0 Å². The molecule has 172 valence electrons. The Balaban J connectivity index is 1.11. The number of rotatable bonds is 5. The van der Waals surface area contributed by atoms with E-state index in [4.69, 9.17) is 4.98 Å². The van der Waals surface area contributed by atoms with Crippen LogP contribution in [0.5, 0.6) is 0 Å². The van der Waals surface area contributed by atoms with Crippen LogP contribution in [0.3, 0.4) is 0 Å². The number of thioether (sulfide) groups is 1. The Labute approximate surface area is 201 Å². The van der Waals surface area contributed by atoms with Crippen molar-refractivity contribution in [2.75, 3.05) is 29.1 Å². The average Bonchev–Trinajstić information content (AvgIpc) is 3.63. The van der Waals surface area contributed by atoms with E-state index in [1.54, 1.807) is 29.0 Å². The minimum Gasteiger partial charge on any atom is -0.356 e. The maximum atomic E-state index is 13.0. The van der Waals surface area contributed by atoms with Gasteiger partial charge in [0.2, 0.25) is 5.91 Å². The van der Waals surface area contributed by atoms with Crippen molar-refractivity contribution in [3.05, 3.63) is 61.3 Å². The highest BCUT2D eigenvalue weighted by atomic mass is 32.2. The highest BCUT2D eigenvalue weighted by Gasteiger charge is 2.27. The average molecular weight is 473 g/mol. The Bertz CT molecular complexity index is 1280. The number of nitrogens with one attached hydrogen (secondary N) is 1. The molecular weight excluding hydrogens is 448 g/mol. The largest absolute Gasteiger partial charge is 0.356 e. The highest BCUT2D eigenvalue weighted by molar-refractivity contribution is 7.99. The van der Waals surface area contributed by atoms with Gasteiger partial charge in [-0.15, -0.1) is 0 Å². The summed E-state index contributed by atoms with van der Waals surface area (Å²) < 4.78 is 3.90. The number of aromatic nitrogens is 6. The summed E-state index contributed by atoms with van der Waals surface area (Å²) in [5, 5.41) is 8.41. The first-order valence-corrected chi connectivity index (χ1v) is 12.4. The molecule has 1 atom stereocenters. The van der Waals surface area contributed by atoms with Crippen molar-refractivity contribution >= 4 is 29.2 Å². The number of carbonyl (C=O) groups excluding carboxylic acids is 1. The third-order valence-electron chi connectivity index (χ3n) is 6.24. The van der Waals surface area contributed by atoms with E-state index in [-0.39, 0.29) is 11.8 Å². The predicted molar refractivity (Wildman–Crippen MR) is 131 cm³/mol. The van der Waals surface area contributed by atoms with E-state index in [0.29, 0.717) is 12.4 Å². The van der Waals surface area contributed by atoms with Crippen LogP contribution in [0, 0.1) is 5.92 Å². The van der Waals surface area contributed by atoms with Crippen molar-refractivity contribution in [2.24, 2.45) is 5.92 Å². The third-order valence-corrected chi connectivity index (χ3v) is 7.22. The van der Waals surface area contributed by atoms with Crippen LogP contribution in [0.1, 0.15) is 12.8 Å². The van der Waals surface area contributed by atoms with E-state index in [1.807, 2.05) is 42.6 Å². The zero-order chi connectivity index (χ0) is 22.9. The second kappa shape index (κ2) is 8.94. The molecule has 1 amide bonds. The number of carbonyl (C=O) groups is 1. The lowest BCUT2D eigenvalue weighted by Crippen LogP contribution is -2.41. The number of hydrogen-bond acceptors (Lipinski definition) is 7. The maximum Gasteiger partial charge on any atom is 0.229 e. The van der Waals surface area contributed by atoms with Gasteiger partial charge in [0.15, 0.2) is 11.0 Å². The Morgan fingerprint density at radius 3 is 2.82 bits per heavy atom. The molecule has 0 radical (unpaired) electrons. The molecule has 9 nitrogen and oxygen atoms in total. The number of piperidine rings is 1. The summed E-state index contributed by atoms with van der Waals surface area (Å²) in [5.41, 5.74) is 2.83. The summed E-state index contributed by atoms with van der Waals surface area (Å²) in [6.45, 7) is 2.50. The molecule has 1 fully saturated rings. The fourth-order valence-corrected chi connectivity index (χ4v) is 5.40. The molecule has 6 rings (SSSR count). The SMILES string of the molecule is O=C(Nc1ccc(-c2cn3c(n2)SCC3)cc1)C1CCCN(c2cc(-n3cccn3)ncn2)C1. The van der Waals surface area contributed by atoms with Gasteiger partial charge >= 0.3 is 0 Å². The van der Waals surface area contributed by atoms with Gasteiger partial charge in [0.05, 0.1) is 11.6 Å². The van der Waals surface area contributed by atoms with Crippen LogP contribution in [0.2, 0.25) is 0 Å². The van der Waals surface area contributed by atoms with Crippen LogP contribution < -0.4 is 10.2 Å². The minimum atomic E-state index is -0.107. The minimum absolute atomic E-state index is 0.0381. The van der Waals surface area contributed by atoms with Crippen LogP contribution >= 0.6 is 11.8 Å². The van der Waals surface area contributed by atoms with Gasteiger partial charge < -0.3 is 14.8 Å². The van der Waals surface area contributed by atoms with Crippen molar-refractivity contribution in [1.29, 1.82) is 0 Å². The first-order valence-electron chi connectivity index (χ1n) is 11.4. The van der Waals surface area contributed by atoms with Crippen molar-refractivity contribution in [2.45, 2.75) is 24.5 Å². The van der Waals surface area contributed by atoms with Gasteiger partial charge in [-0.25, -0.2) is 19.6 Å². The monoisotopic (exact) mass is 472 g/mol. The molecular formula is C24H24N8OS. The summed E-state index contributed by atoms with van der Waals surface area (Å²) in [5.74, 6) is 2.55. The van der Waals surface area contributed by atoms with Gasteiger partial charge in [0.1, 0.15) is 12.1 Å². The zero-order valence-corrected chi connectivity index (χ0v) is 19.4. The quantitative estimate of drug-likeness (QED) is 0.475. The predicted octanol–water partition coefficient (Wildman–Crippen LogP) is 3.49. The van der Waals surface area contributed by atoms with E-state index in [0.717, 1.165) is 59.6 Å². The highest BCUT2D eigenvalue weighted by Crippen LogP contribution is 2.30. The molecule has 0 spiro atoms. The van der Waals surface area contributed by atoms with Crippen molar-refractivity contribution in [1.82, 2.24) is 29.3 Å². The second-order valence-corrected chi connectivity index (χ2v) is 9.55. The summed E-state index contributed by atoms with van der Waals surface area (Å²) in [6, 6.07) is 11.7. The molecule has 1 N–H and O–H groups in total. The number of fused-ring (bicyclic) bond motifs is 1. The Morgan fingerprint density at radius 2 is 2.00 bits per heavy atom. The maximum absolute atomic E-state index is 13.0. The number of nitrogens with zero attached hydrogens (tertiary/aromatic N) is 7. The summed E-state index contributed by atoms with van der Waals surface area (Å²) in [4.78, 5) is 28.6. The van der Waals surface area contributed by atoms with Crippen LogP contribution in [0.15, 0.2) is 66.5 Å². The van der Waals surface area contributed by atoms with Crippen LogP contribution in [-0.2, 0) is 11.3 Å². The Kier molecular flexibility index (Phi) is 5.50. The molecule has 0 bridgehead atoms. The van der Waals surface area contributed by atoms with Gasteiger partial charge in [-0.2, -0.15) is 5.10 Å². The molecule has 0 saturated carbocycles. The second-order valence-electron chi connectivity index (χ2n) is 8.49. The number of aryl methyl sites for hydroxylation is 1. The smallest absolute Gasteiger partial charge is 0.229 e. The van der Waals surface area contributed by atoms with Crippen LogP contribution in [0.4, 0.5) is 11.5 Å². The molecule has 2 aliphatic heterocycles. The molecule has 1 saturated heterocycles. The summed E-state index contributed by atoms with van der Waals surface area (Å²) >= 11 is 1.79. The summed E-state index contributed by atoms with van der Waals surface area (Å²) in [6.07, 6.45) is 9.00. The molecule has 34 heavy (non-hydrogen) atoms. The number of anilines is 2. The molecule has 5 heterocycles. The number of hydrogen-bond donors (Lipinski definition) is 1. The Hall–Kier alpha value is -3.66. The number of benzene rings is 1. The molecule has 2 aliphatic rings. The zero-order valence-electron chi connectivity index (χ0n) is 18.5. The molecule has 4 aromatic rings. The molecule has 1 aromatic carbocycles.